The van der Waals surface area contributed by atoms with Crippen molar-refractivity contribution in [2.75, 3.05) is 6.61 Å². The van der Waals surface area contributed by atoms with E-state index in [2.05, 4.69) is 5.10 Å². The largest absolute Gasteiger partial charge is 0.461 e. The lowest BCUT2D eigenvalue weighted by atomic mass is 10.0. The van der Waals surface area contributed by atoms with E-state index in [1.54, 1.807) is 35.9 Å². The first-order chi connectivity index (χ1) is 10.5. The molecule has 1 N–H and O–H groups in total. The van der Waals surface area contributed by atoms with E-state index in [4.69, 9.17) is 16.3 Å². The average Bonchev–Trinajstić information content (AvgIpc) is 2.92. The summed E-state index contributed by atoms with van der Waals surface area (Å²) in [5.74, 6) is -0.489. The van der Waals surface area contributed by atoms with Gasteiger partial charge in [-0.3, -0.25) is 4.68 Å². The second-order valence-corrected chi connectivity index (χ2v) is 5.60. The molecule has 5 nitrogen and oxygen atoms in total. The SMILES string of the molecule is CCOC(=O)c1c(C(O)c2ccc(Cl)cc2)cnn1C(C)C. The molecule has 0 saturated carbocycles. The third-order valence-corrected chi connectivity index (χ3v) is 3.51. The van der Waals surface area contributed by atoms with E-state index in [9.17, 15) is 9.90 Å². The van der Waals surface area contributed by atoms with Crippen LogP contribution in [0, 0.1) is 0 Å². The highest BCUT2D eigenvalue weighted by Crippen LogP contribution is 2.28. The van der Waals surface area contributed by atoms with E-state index in [-0.39, 0.29) is 18.3 Å². The molecule has 0 aliphatic carbocycles. The van der Waals surface area contributed by atoms with Crippen molar-refractivity contribution in [1.29, 1.82) is 0 Å². The molecule has 118 valence electrons. The Labute approximate surface area is 134 Å². The van der Waals surface area contributed by atoms with Crippen LogP contribution in [0.4, 0.5) is 0 Å². The minimum atomic E-state index is -0.968. The number of rotatable bonds is 5. The number of aliphatic hydroxyl groups excluding tert-OH is 1. The van der Waals surface area contributed by atoms with E-state index in [1.807, 2.05) is 13.8 Å². The fraction of sp³-hybridized carbons (Fsp3) is 0.375. The van der Waals surface area contributed by atoms with Gasteiger partial charge in [-0.25, -0.2) is 4.79 Å². The van der Waals surface area contributed by atoms with Gasteiger partial charge in [0.2, 0.25) is 0 Å². The average molecular weight is 323 g/mol. The lowest BCUT2D eigenvalue weighted by molar-refractivity contribution is 0.0504. The first kappa shape index (κ1) is 16.5. The summed E-state index contributed by atoms with van der Waals surface area (Å²) >= 11 is 5.86. The summed E-state index contributed by atoms with van der Waals surface area (Å²) in [6.07, 6.45) is 0.537. The third-order valence-electron chi connectivity index (χ3n) is 3.26. The lowest BCUT2D eigenvalue weighted by Gasteiger charge is -2.15. The Morgan fingerprint density at radius 3 is 2.55 bits per heavy atom. The van der Waals surface area contributed by atoms with Gasteiger partial charge in [0.15, 0.2) is 5.69 Å². The second-order valence-electron chi connectivity index (χ2n) is 5.16. The van der Waals surface area contributed by atoms with Crippen molar-refractivity contribution in [2.24, 2.45) is 0 Å². The Morgan fingerprint density at radius 2 is 2.00 bits per heavy atom. The van der Waals surface area contributed by atoms with E-state index in [0.29, 0.717) is 16.1 Å². The molecule has 1 atom stereocenters. The molecule has 22 heavy (non-hydrogen) atoms. The molecule has 1 aromatic carbocycles. The molecule has 0 bridgehead atoms. The Hall–Kier alpha value is -1.85. The van der Waals surface area contributed by atoms with Gasteiger partial charge in [0.05, 0.1) is 12.8 Å². The molecule has 1 aromatic heterocycles. The molecule has 0 amide bonds. The Morgan fingerprint density at radius 1 is 1.36 bits per heavy atom. The fourth-order valence-electron chi connectivity index (χ4n) is 2.20. The maximum atomic E-state index is 12.2. The van der Waals surface area contributed by atoms with Crippen molar-refractivity contribution < 1.29 is 14.6 Å². The number of nitrogens with zero attached hydrogens (tertiary/aromatic N) is 2. The van der Waals surface area contributed by atoms with Crippen molar-refractivity contribution in [3.05, 3.63) is 52.3 Å². The number of halogens is 1. The number of benzene rings is 1. The number of hydrogen-bond acceptors (Lipinski definition) is 4. The number of carbonyl (C=O) groups excluding carboxylic acids is 1. The van der Waals surface area contributed by atoms with Crippen LogP contribution in [0.1, 0.15) is 54.5 Å². The van der Waals surface area contributed by atoms with Gasteiger partial charge in [-0.05, 0) is 38.5 Å². The molecule has 6 heteroatoms. The van der Waals surface area contributed by atoms with Crippen molar-refractivity contribution in [2.45, 2.75) is 32.9 Å². The molecule has 1 heterocycles. The molecular formula is C16H19ClN2O3. The van der Waals surface area contributed by atoms with Gasteiger partial charge in [-0.1, -0.05) is 23.7 Å². The van der Waals surface area contributed by atoms with Crippen LogP contribution >= 0.6 is 11.6 Å². The summed E-state index contributed by atoms with van der Waals surface area (Å²) in [6, 6.07) is 6.79. The summed E-state index contributed by atoms with van der Waals surface area (Å²) < 4.78 is 6.65. The summed E-state index contributed by atoms with van der Waals surface area (Å²) in [5, 5.41) is 15.4. The first-order valence-corrected chi connectivity index (χ1v) is 7.51. The molecule has 0 radical (unpaired) electrons. The van der Waals surface area contributed by atoms with Gasteiger partial charge in [0.25, 0.3) is 0 Å². The number of esters is 1. The van der Waals surface area contributed by atoms with Crippen molar-refractivity contribution in [3.8, 4) is 0 Å². The molecule has 1 unspecified atom stereocenters. The summed E-state index contributed by atoms with van der Waals surface area (Å²) in [5.41, 5.74) is 1.34. The highest BCUT2D eigenvalue weighted by Gasteiger charge is 2.26. The van der Waals surface area contributed by atoms with Crippen LogP contribution in [0.3, 0.4) is 0 Å². The van der Waals surface area contributed by atoms with Crippen molar-refractivity contribution >= 4 is 17.6 Å². The van der Waals surface area contributed by atoms with Gasteiger partial charge < -0.3 is 9.84 Å². The third kappa shape index (κ3) is 3.31. The summed E-state index contributed by atoms with van der Waals surface area (Å²) in [6.45, 7) is 5.82. The standard InChI is InChI=1S/C16H19ClN2O3/c1-4-22-16(21)14-13(9-18-19(14)10(2)3)15(20)11-5-7-12(17)8-6-11/h5-10,15,20H,4H2,1-3H3. The highest BCUT2D eigenvalue weighted by molar-refractivity contribution is 6.30. The number of aliphatic hydroxyl groups is 1. The molecule has 0 spiro atoms. The van der Waals surface area contributed by atoms with Gasteiger partial charge in [-0.15, -0.1) is 0 Å². The molecular weight excluding hydrogens is 304 g/mol. The fourth-order valence-corrected chi connectivity index (χ4v) is 2.33. The molecule has 2 rings (SSSR count). The van der Waals surface area contributed by atoms with Crippen LogP contribution in [0.2, 0.25) is 5.02 Å². The predicted octanol–water partition coefficient (Wildman–Crippen LogP) is 3.38. The minimum Gasteiger partial charge on any atom is -0.461 e. The molecule has 0 fully saturated rings. The molecule has 0 aliphatic heterocycles. The van der Waals surface area contributed by atoms with Crippen LogP contribution in [0.5, 0.6) is 0 Å². The zero-order chi connectivity index (χ0) is 16.3. The monoisotopic (exact) mass is 322 g/mol. The van der Waals surface area contributed by atoms with E-state index >= 15 is 0 Å². The quantitative estimate of drug-likeness (QED) is 0.857. The predicted molar refractivity (Wildman–Crippen MR) is 84.1 cm³/mol. The van der Waals surface area contributed by atoms with Gasteiger partial charge >= 0.3 is 5.97 Å². The smallest absolute Gasteiger partial charge is 0.357 e. The van der Waals surface area contributed by atoms with Crippen LogP contribution in [0.25, 0.3) is 0 Å². The highest BCUT2D eigenvalue weighted by atomic mass is 35.5. The van der Waals surface area contributed by atoms with E-state index in [1.165, 1.54) is 6.20 Å². The zero-order valence-electron chi connectivity index (χ0n) is 12.8. The maximum absolute atomic E-state index is 12.2. The van der Waals surface area contributed by atoms with Crippen LogP contribution < -0.4 is 0 Å². The van der Waals surface area contributed by atoms with Gasteiger partial charge in [0.1, 0.15) is 6.10 Å². The van der Waals surface area contributed by atoms with E-state index in [0.717, 1.165) is 0 Å². The van der Waals surface area contributed by atoms with Crippen LogP contribution in [-0.2, 0) is 4.74 Å². The lowest BCUT2D eigenvalue weighted by Crippen LogP contribution is -2.18. The van der Waals surface area contributed by atoms with Crippen LogP contribution in [-0.4, -0.2) is 27.5 Å². The Bertz CT molecular complexity index is 650. The van der Waals surface area contributed by atoms with Crippen LogP contribution in [0.15, 0.2) is 30.5 Å². The van der Waals surface area contributed by atoms with Gasteiger partial charge in [0, 0.05) is 16.6 Å². The Kier molecular flexibility index (Phi) is 5.21. The topological polar surface area (TPSA) is 64.3 Å². The number of ether oxygens (including phenoxy) is 1. The second kappa shape index (κ2) is 6.94. The number of aromatic nitrogens is 2. The van der Waals surface area contributed by atoms with Gasteiger partial charge in [-0.2, -0.15) is 5.10 Å². The number of carbonyl (C=O) groups is 1. The Balaban J connectivity index is 2.45. The maximum Gasteiger partial charge on any atom is 0.357 e. The molecule has 2 aromatic rings. The summed E-state index contributed by atoms with van der Waals surface area (Å²) in [4.78, 5) is 12.2. The first-order valence-electron chi connectivity index (χ1n) is 7.13. The van der Waals surface area contributed by atoms with E-state index < -0.39 is 12.1 Å². The molecule has 0 saturated heterocycles. The van der Waals surface area contributed by atoms with Crippen molar-refractivity contribution in [3.63, 3.8) is 0 Å². The number of hydrogen-bond donors (Lipinski definition) is 1. The van der Waals surface area contributed by atoms with Crippen molar-refractivity contribution in [1.82, 2.24) is 9.78 Å². The molecule has 0 aliphatic rings. The summed E-state index contributed by atoms with van der Waals surface area (Å²) in [7, 11) is 0. The zero-order valence-corrected chi connectivity index (χ0v) is 13.5. The normalized spacial score (nSPS) is 12.5. The minimum absolute atomic E-state index is 0.0226.